The minimum Gasteiger partial charge on any atom is -0.481 e. The molecule has 8 N–H and O–H groups in total. The first-order chi connectivity index (χ1) is 9.79. The highest BCUT2D eigenvalue weighted by Crippen LogP contribution is 2.17. The zero-order valence-electron chi connectivity index (χ0n) is 10.8. The van der Waals surface area contributed by atoms with E-state index in [2.05, 4.69) is 0 Å². The topological polar surface area (TPSA) is 235 Å². The Kier molecular flexibility index (Phi) is 5.46. The van der Waals surface area contributed by atoms with Gasteiger partial charge in [0, 0.05) is 0 Å². The van der Waals surface area contributed by atoms with Crippen LogP contribution in [0, 0.1) is 0 Å². The van der Waals surface area contributed by atoms with E-state index in [1.54, 1.807) is 0 Å². The molecule has 0 bridgehead atoms. The van der Waals surface area contributed by atoms with Gasteiger partial charge in [-0.2, -0.15) is 0 Å². The smallest absolute Gasteiger partial charge is 0.332 e. The van der Waals surface area contributed by atoms with E-state index in [-0.39, 0.29) is 0 Å². The van der Waals surface area contributed by atoms with Crippen LogP contribution in [0.4, 0.5) is 0 Å². The number of carboxylic acid groups (broad SMARTS) is 4. The van der Waals surface area contributed by atoms with E-state index in [4.69, 9.17) is 31.9 Å². The lowest BCUT2D eigenvalue weighted by atomic mass is 9.80. The fourth-order valence-corrected chi connectivity index (χ4v) is 1.39. The van der Waals surface area contributed by atoms with Crippen LogP contribution in [0.25, 0.3) is 0 Å². The van der Waals surface area contributed by atoms with E-state index in [1.807, 2.05) is 0 Å². The van der Waals surface area contributed by atoms with Gasteiger partial charge in [0.15, 0.2) is 11.1 Å². The molecule has 0 saturated carbocycles. The number of hydrogen-bond acceptors (Lipinski definition) is 8. The standard InChI is InChI=1S/C10H12N2O10/c11-9(7(19)20,1-3(13)14)5(17)6(18)10(12,8(21)22)2-4(15)16/h1-2,11-12H2,(H,13,14)(H,15,16)(H,19,20)(H,21,22). The number of hydrogen-bond donors (Lipinski definition) is 6. The Bertz CT molecular complexity index is 520. The van der Waals surface area contributed by atoms with Gasteiger partial charge in [0.05, 0.1) is 12.8 Å². The van der Waals surface area contributed by atoms with Crippen molar-refractivity contribution in [3.8, 4) is 0 Å². The van der Waals surface area contributed by atoms with E-state index >= 15 is 0 Å². The van der Waals surface area contributed by atoms with Gasteiger partial charge in [0.25, 0.3) is 0 Å². The van der Waals surface area contributed by atoms with Crippen molar-refractivity contribution in [2.24, 2.45) is 11.5 Å². The molecule has 0 aliphatic heterocycles. The lowest BCUT2D eigenvalue weighted by Gasteiger charge is -2.26. The summed E-state index contributed by atoms with van der Waals surface area (Å²) >= 11 is 0. The summed E-state index contributed by atoms with van der Waals surface area (Å²) in [4.78, 5) is 66.7. The first kappa shape index (κ1) is 19.1. The summed E-state index contributed by atoms with van der Waals surface area (Å²) in [6.07, 6.45) is -3.06. The SMILES string of the molecule is NC(CC(=O)O)(C(=O)O)C(=O)C(=O)C(N)(CC(=O)O)C(=O)O. The van der Waals surface area contributed by atoms with Crippen LogP contribution in [0.3, 0.4) is 0 Å². The Labute approximate surface area is 121 Å². The minimum absolute atomic E-state index is 1.53. The predicted molar refractivity (Wildman–Crippen MR) is 63.6 cm³/mol. The molecule has 0 aromatic rings. The molecule has 0 heterocycles. The van der Waals surface area contributed by atoms with E-state index in [0.717, 1.165) is 0 Å². The number of carbonyl (C=O) groups excluding carboxylic acids is 2. The molecule has 12 nitrogen and oxygen atoms in total. The molecular formula is C10H12N2O10. The van der Waals surface area contributed by atoms with Crippen molar-refractivity contribution < 1.29 is 49.2 Å². The van der Waals surface area contributed by atoms with Crippen molar-refractivity contribution in [3.05, 3.63) is 0 Å². The Morgan fingerprint density at radius 1 is 0.636 bits per heavy atom. The molecule has 0 spiro atoms. The summed E-state index contributed by atoms with van der Waals surface area (Å²) in [6, 6.07) is 0. The summed E-state index contributed by atoms with van der Waals surface area (Å²) in [7, 11) is 0. The number of Topliss-reactive ketones (excluding diaryl/α,β-unsaturated/α-hetero) is 2. The highest BCUT2D eigenvalue weighted by Gasteiger charge is 2.55. The van der Waals surface area contributed by atoms with E-state index in [0.29, 0.717) is 0 Å². The first-order valence-electron chi connectivity index (χ1n) is 5.36. The zero-order valence-corrected chi connectivity index (χ0v) is 10.8. The molecule has 0 radical (unpaired) electrons. The molecule has 12 heteroatoms. The van der Waals surface area contributed by atoms with Crippen molar-refractivity contribution >= 4 is 35.4 Å². The molecule has 0 saturated heterocycles. The van der Waals surface area contributed by atoms with Crippen molar-refractivity contribution in [1.29, 1.82) is 0 Å². The maximum Gasteiger partial charge on any atom is 0.332 e. The second kappa shape index (κ2) is 6.28. The number of rotatable bonds is 9. The molecule has 22 heavy (non-hydrogen) atoms. The third kappa shape index (κ3) is 3.62. The second-order valence-corrected chi connectivity index (χ2v) is 4.35. The van der Waals surface area contributed by atoms with E-state index in [9.17, 15) is 28.8 Å². The molecule has 0 aliphatic carbocycles. The van der Waals surface area contributed by atoms with Crippen LogP contribution in [-0.2, 0) is 28.8 Å². The van der Waals surface area contributed by atoms with E-state index < -0.39 is 59.4 Å². The van der Waals surface area contributed by atoms with Crippen LogP contribution in [0.5, 0.6) is 0 Å². The van der Waals surface area contributed by atoms with Crippen molar-refractivity contribution in [1.82, 2.24) is 0 Å². The van der Waals surface area contributed by atoms with Crippen LogP contribution in [0.15, 0.2) is 0 Å². The summed E-state index contributed by atoms with van der Waals surface area (Å²) < 4.78 is 0. The van der Waals surface area contributed by atoms with Crippen LogP contribution in [-0.4, -0.2) is 66.9 Å². The monoisotopic (exact) mass is 320 g/mol. The lowest BCUT2D eigenvalue weighted by molar-refractivity contribution is -0.161. The van der Waals surface area contributed by atoms with E-state index in [1.165, 1.54) is 0 Å². The number of ketones is 2. The van der Waals surface area contributed by atoms with Crippen molar-refractivity contribution in [2.75, 3.05) is 0 Å². The fourth-order valence-electron chi connectivity index (χ4n) is 1.39. The Morgan fingerprint density at radius 3 is 1.00 bits per heavy atom. The lowest BCUT2D eigenvalue weighted by Crippen LogP contribution is -2.66. The largest absolute Gasteiger partial charge is 0.481 e. The summed E-state index contributed by atoms with van der Waals surface area (Å²) in [6.45, 7) is 0. The molecule has 0 aromatic heterocycles. The van der Waals surface area contributed by atoms with Crippen LogP contribution >= 0.6 is 0 Å². The summed E-state index contributed by atoms with van der Waals surface area (Å²) in [5.41, 5.74) is 3.58. The van der Waals surface area contributed by atoms with Crippen LogP contribution in [0.2, 0.25) is 0 Å². The number of nitrogens with two attached hydrogens (primary N) is 2. The van der Waals surface area contributed by atoms with Gasteiger partial charge in [-0.3, -0.25) is 19.2 Å². The maximum absolute atomic E-state index is 11.8. The van der Waals surface area contributed by atoms with Gasteiger partial charge in [-0.15, -0.1) is 0 Å². The van der Waals surface area contributed by atoms with Gasteiger partial charge in [0.2, 0.25) is 11.6 Å². The average molecular weight is 320 g/mol. The predicted octanol–water partition coefficient (Wildman–Crippen LogP) is -3.36. The van der Waals surface area contributed by atoms with Gasteiger partial charge in [-0.25, -0.2) is 9.59 Å². The van der Waals surface area contributed by atoms with Crippen LogP contribution < -0.4 is 11.5 Å². The minimum atomic E-state index is -3.28. The highest BCUT2D eigenvalue weighted by molar-refractivity contribution is 6.50. The van der Waals surface area contributed by atoms with Crippen LogP contribution in [0.1, 0.15) is 12.8 Å². The van der Waals surface area contributed by atoms with Gasteiger partial charge in [-0.1, -0.05) is 0 Å². The van der Waals surface area contributed by atoms with Crippen molar-refractivity contribution in [2.45, 2.75) is 23.9 Å². The third-order valence-electron chi connectivity index (χ3n) is 2.64. The zero-order chi connectivity index (χ0) is 17.9. The molecule has 122 valence electrons. The summed E-state index contributed by atoms with van der Waals surface area (Å²) in [5, 5.41) is 34.7. The number of carboxylic acids is 4. The molecule has 0 amide bonds. The quantitative estimate of drug-likeness (QED) is 0.180. The second-order valence-electron chi connectivity index (χ2n) is 4.35. The molecule has 0 fully saturated rings. The van der Waals surface area contributed by atoms with Gasteiger partial charge < -0.3 is 31.9 Å². The molecule has 0 aromatic carbocycles. The first-order valence-corrected chi connectivity index (χ1v) is 5.36. The van der Waals surface area contributed by atoms with Gasteiger partial charge in [-0.05, 0) is 0 Å². The maximum atomic E-state index is 11.8. The summed E-state index contributed by atoms with van der Waals surface area (Å²) in [5.74, 6) is -12.4. The number of carbonyl (C=O) groups is 6. The third-order valence-corrected chi connectivity index (χ3v) is 2.64. The molecule has 0 rings (SSSR count). The van der Waals surface area contributed by atoms with Gasteiger partial charge >= 0.3 is 23.9 Å². The fraction of sp³-hybridized carbons (Fsp3) is 0.400. The molecule has 0 aliphatic rings. The Hall–Kier alpha value is -2.86. The number of aliphatic carboxylic acids is 4. The molecular weight excluding hydrogens is 308 g/mol. The normalized spacial score (nSPS) is 15.9. The molecule has 2 atom stereocenters. The van der Waals surface area contributed by atoms with Crippen molar-refractivity contribution in [3.63, 3.8) is 0 Å². The molecule has 2 unspecified atom stereocenters. The Balaban J connectivity index is 5.87. The Morgan fingerprint density at radius 2 is 0.864 bits per heavy atom. The highest BCUT2D eigenvalue weighted by atomic mass is 16.4. The average Bonchev–Trinajstić information content (AvgIpc) is 2.34. The van der Waals surface area contributed by atoms with Gasteiger partial charge in [0.1, 0.15) is 0 Å².